The van der Waals surface area contributed by atoms with Crippen LogP contribution in [-0.4, -0.2) is 38.0 Å². The van der Waals surface area contributed by atoms with Gasteiger partial charge in [0.15, 0.2) is 0 Å². The highest BCUT2D eigenvalue weighted by Crippen LogP contribution is 2.33. The molecule has 0 aromatic heterocycles. The van der Waals surface area contributed by atoms with Crippen molar-refractivity contribution in [2.75, 3.05) is 31.1 Å². The summed E-state index contributed by atoms with van der Waals surface area (Å²) in [4.78, 5) is 27.0. The number of amides is 2. The van der Waals surface area contributed by atoms with Crippen LogP contribution in [0.5, 0.6) is 0 Å². The number of hydrogen-bond donors (Lipinski definition) is 2. The number of rotatable bonds is 6. The normalized spacial score (nSPS) is 24.5. The summed E-state index contributed by atoms with van der Waals surface area (Å²) < 4.78 is 0. The lowest BCUT2D eigenvalue weighted by Gasteiger charge is -2.24. The van der Waals surface area contributed by atoms with E-state index in [0.29, 0.717) is 31.3 Å². The molecule has 3 rings (SSSR count). The first-order valence-electron chi connectivity index (χ1n) is 9.97. The Kier molecular flexibility index (Phi) is 6.30. The van der Waals surface area contributed by atoms with Crippen molar-refractivity contribution in [1.29, 1.82) is 0 Å². The van der Waals surface area contributed by atoms with Gasteiger partial charge in [0.2, 0.25) is 11.8 Å². The van der Waals surface area contributed by atoms with Gasteiger partial charge in [0, 0.05) is 25.2 Å². The van der Waals surface area contributed by atoms with Gasteiger partial charge in [-0.1, -0.05) is 32.0 Å². The zero-order valence-corrected chi connectivity index (χ0v) is 16.0. The highest BCUT2D eigenvalue weighted by atomic mass is 16.2. The minimum Gasteiger partial charge on any atom is -0.355 e. The Hall–Kier alpha value is -1.88. The molecule has 0 saturated carbocycles. The predicted octanol–water partition coefficient (Wildman–Crippen LogP) is 2.67. The second kappa shape index (κ2) is 8.67. The smallest absolute Gasteiger partial charge is 0.227 e. The fourth-order valence-electron chi connectivity index (χ4n) is 3.97. The van der Waals surface area contributed by atoms with Crippen LogP contribution < -0.4 is 15.5 Å². The molecule has 142 valence electrons. The van der Waals surface area contributed by atoms with Gasteiger partial charge in [0.05, 0.1) is 5.92 Å². The number of carbonyl (C=O) groups excluding carboxylic acids is 2. The molecule has 1 aromatic rings. The van der Waals surface area contributed by atoms with E-state index in [0.717, 1.165) is 31.6 Å². The van der Waals surface area contributed by atoms with Gasteiger partial charge in [0.25, 0.3) is 0 Å². The van der Waals surface area contributed by atoms with Crippen LogP contribution in [0.1, 0.15) is 51.0 Å². The summed E-state index contributed by atoms with van der Waals surface area (Å²) in [5.41, 5.74) is 2.16. The van der Waals surface area contributed by atoms with Crippen molar-refractivity contribution in [3.05, 3.63) is 29.8 Å². The van der Waals surface area contributed by atoms with E-state index in [9.17, 15) is 9.59 Å². The minimum atomic E-state index is -0.246. The van der Waals surface area contributed by atoms with Crippen LogP contribution in [0.2, 0.25) is 0 Å². The molecule has 3 unspecified atom stereocenters. The summed E-state index contributed by atoms with van der Waals surface area (Å²) in [5.74, 6) is 0.731. The first-order chi connectivity index (χ1) is 12.6. The molecule has 5 heteroatoms. The second-order valence-electron chi connectivity index (χ2n) is 7.73. The molecule has 0 aliphatic carbocycles. The fourth-order valence-corrected chi connectivity index (χ4v) is 3.97. The Morgan fingerprint density at radius 3 is 2.92 bits per heavy atom. The van der Waals surface area contributed by atoms with Crippen LogP contribution in [0, 0.1) is 11.8 Å². The van der Waals surface area contributed by atoms with Gasteiger partial charge in [0.1, 0.15) is 0 Å². The van der Waals surface area contributed by atoms with Gasteiger partial charge in [-0.05, 0) is 55.8 Å². The minimum absolute atomic E-state index is 0.0208. The summed E-state index contributed by atoms with van der Waals surface area (Å²) in [6.07, 6.45) is 3.66. The van der Waals surface area contributed by atoms with E-state index in [1.165, 1.54) is 12.0 Å². The summed E-state index contributed by atoms with van der Waals surface area (Å²) in [7, 11) is 0. The van der Waals surface area contributed by atoms with Crippen LogP contribution in [0.3, 0.4) is 0 Å². The molecule has 0 spiro atoms. The highest BCUT2D eigenvalue weighted by Gasteiger charge is 2.36. The van der Waals surface area contributed by atoms with Crippen LogP contribution >= 0.6 is 0 Å². The Morgan fingerprint density at radius 2 is 2.19 bits per heavy atom. The van der Waals surface area contributed by atoms with E-state index in [-0.39, 0.29) is 17.7 Å². The molecule has 2 saturated heterocycles. The van der Waals surface area contributed by atoms with Gasteiger partial charge in [-0.15, -0.1) is 0 Å². The first kappa shape index (κ1) is 18.9. The molecule has 2 aliphatic heterocycles. The maximum absolute atomic E-state index is 12.6. The van der Waals surface area contributed by atoms with Crippen LogP contribution in [-0.2, 0) is 9.59 Å². The lowest BCUT2D eigenvalue weighted by Crippen LogP contribution is -2.40. The number of carbonyl (C=O) groups is 2. The highest BCUT2D eigenvalue weighted by molar-refractivity contribution is 6.00. The molecular formula is C21H31N3O2. The lowest BCUT2D eigenvalue weighted by atomic mass is 9.96. The molecule has 2 fully saturated rings. The number of anilines is 1. The molecule has 3 atom stereocenters. The molecule has 0 bridgehead atoms. The topological polar surface area (TPSA) is 61.4 Å². The molecule has 5 nitrogen and oxygen atoms in total. The number of piperidine rings is 1. The zero-order chi connectivity index (χ0) is 18.5. The van der Waals surface area contributed by atoms with Crippen molar-refractivity contribution in [2.24, 2.45) is 11.8 Å². The quantitative estimate of drug-likeness (QED) is 0.823. The van der Waals surface area contributed by atoms with Crippen molar-refractivity contribution in [3.8, 4) is 0 Å². The molecule has 26 heavy (non-hydrogen) atoms. The van der Waals surface area contributed by atoms with E-state index in [1.807, 2.05) is 23.1 Å². The van der Waals surface area contributed by atoms with E-state index in [2.05, 4.69) is 30.5 Å². The van der Waals surface area contributed by atoms with Gasteiger partial charge in [-0.3, -0.25) is 9.59 Å². The SMILES string of the molecule is CCC(C)c1ccccc1N1CC(C(=O)NCC2CCCNC2)CC1=O. The average Bonchev–Trinajstić information content (AvgIpc) is 3.08. The Bertz CT molecular complexity index is 640. The molecule has 2 N–H and O–H groups in total. The van der Waals surface area contributed by atoms with Crippen LogP contribution in [0.25, 0.3) is 0 Å². The van der Waals surface area contributed by atoms with Gasteiger partial charge < -0.3 is 15.5 Å². The molecule has 1 aromatic carbocycles. The number of hydrogen-bond acceptors (Lipinski definition) is 3. The van der Waals surface area contributed by atoms with Gasteiger partial charge in [-0.25, -0.2) is 0 Å². The average molecular weight is 357 g/mol. The summed E-state index contributed by atoms with van der Waals surface area (Å²) in [5, 5.41) is 6.45. The third kappa shape index (κ3) is 4.26. The summed E-state index contributed by atoms with van der Waals surface area (Å²) >= 11 is 0. The molecule has 2 heterocycles. The van der Waals surface area contributed by atoms with Crippen molar-refractivity contribution in [3.63, 3.8) is 0 Å². The van der Waals surface area contributed by atoms with Crippen molar-refractivity contribution in [2.45, 2.75) is 45.4 Å². The van der Waals surface area contributed by atoms with Crippen LogP contribution in [0.15, 0.2) is 24.3 Å². The predicted molar refractivity (Wildman–Crippen MR) is 104 cm³/mol. The fraction of sp³-hybridized carbons (Fsp3) is 0.619. The lowest BCUT2D eigenvalue weighted by molar-refractivity contribution is -0.126. The van der Waals surface area contributed by atoms with Crippen molar-refractivity contribution >= 4 is 17.5 Å². The van der Waals surface area contributed by atoms with Crippen LogP contribution in [0.4, 0.5) is 5.69 Å². The number of nitrogens with zero attached hydrogens (tertiary/aromatic N) is 1. The first-order valence-corrected chi connectivity index (χ1v) is 9.97. The largest absolute Gasteiger partial charge is 0.355 e. The van der Waals surface area contributed by atoms with E-state index in [1.54, 1.807) is 0 Å². The van der Waals surface area contributed by atoms with Gasteiger partial charge in [-0.2, -0.15) is 0 Å². The van der Waals surface area contributed by atoms with Gasteiger partial charge >= 0.3 is 0 Å². The molecule has 2 amide bonds. The maximum atomic E-state index is 12.6. The monoisotopic (exact) mass is 357 g/mol. The Labute approximate surface area is 156 Å². The number of para-hydroxylation sites is 1. The maximum Gasteiger partial charge on any atom is 0.227 e. The number of nitrogens with one attached hydrogen (secondary N) is 2. The Balaban J connectivity index is 1.62. The molecular weight excluding hydrogens is 326 g/mol. The van der Waals surface area contributed by atoms with Crippen molar-refractivity contribution < 1.29 is 9.59 Å². The zero-order valence-electron chi connectivity index (χ0n) is 16.0. The summed E-state index contributed by atoms with van der Waals surface area (Å²) in [6.45, 7) is 7.58. The molecule has 0 radical (unpaired) electrons. The third-order valence-corrected chi connectivity index (χ3v) is 5.83. The van der Waals surface area contributed by atoms with Crippen molar-refractivity contribution in [1.82, 2.24) is 10.6 Å². The third-order valence-electron chi connectivity index (χ3n) is 5.83. The molecule has 2 aliphatic rings. The standard InChI is InChI=1S/C21H31N3O2/c1-3-15(2)18-8-4-5-9-19(18)24-14-17(11-20(24)25)21(26)23-13-16-7-6-10-22-12-16/h4-5,8-9,15-17,22H,3,6-7,10-14H2,1-2H3,(H,23,26). The van der Waals surface area contributed by atoms with E-state index < -0.39 is 0 Å². The number of benzene rings is 1. The Morgan fingerprint density at radius 1 is 1.38 bits per heavy atom. The summed E-state index contributed by atoms with van der Waals surface area (Å²) in [6, 6.07) is 8.10. The van der Waals surface area contributed by atoms with E-state index >= 15 is 0 Å². The second-order valence-corrected chi connectivity index (χ2v) is 7.73. The van der Waals surface area contributed by atoms with E-state index in [4.69, 9.17) is 0 Å².